The lowest BCUT2D eigenvalue weighted by Gasteiger charge is -2.22. The number of carbonyl (C=O) groups excluding carboxylic acids is 1. The molecule has 0 aliphatic heterocycles. The lowest BCUT2D eigenvalue weighted by atomic mass is 10.1. The summed E-state index contributed by atoms with van der Waals surface area (Å²) in [7, 11) is 0. The molecule has 3 nitrogen and oxygen atoms in total. The van der Waals surface area contributed by atoms with Crippen LogP contribution in [0.2, 0.25) is 0 Å². The van der Waals surface area contributed by atoms with Crippen molar-refractivity contribution in [1.82, 2.24) is 0 Å². The molecule has 3 heteroatoms. The van der Waals surface area contributed by atoms with Crippen molar-refractivity contribution in [2.75, 3.05) is 18.1 Å². The molecule has 0 unspecified atom stereocenters. The maximum Gasteiger partial charge on any atom is 0.262 e. The fraction of sp³-hybridized carbons (Fsp3) is 0.167. The largest absolute Gasteiger partial charge is 0.489 e. The molecule has 0 aromatic heterocycles. The van der Waals surface area contributed by atoms with Gasteiger partial charge in [0.05, 0.1) is 5.56 Å². The molecule has 1 amide bonds. The van der Waals surface area contributed by atoms with E-state index in [1.165, 1.54) is 0 Å². The van der Waals surface area contributed by atoms with Gasteiger partial charge in [0.15, 0.2) is 0 Å². The lowest BCUT2D eigenvalue weighted by molar-refractivity contribution is 0.0985. The Morgan fingerprint density at radius 3 is 2.48 bits per heavy atom. The fourth-order valence-corrected chi connectivity index (χ4v) is 2.11. The molecule has 0 saturated heterocycles. The number of hydrogen-bond acceptors (Lipinski definition) is 2. The Morgan fingerprint density at radius 2 is 1.81 bits per heavy atom. The van der Waals surface area contributed by atoms with E-state index in [1.54, 1.807) is 23.1 Å². The average molecular weight is 281 g/mol. The van der Waals surface area contributed by atoms with Crippen molar-refractivity contribution < 1.29 is 9.53 Å². The van der Waals surface area contributed by atoms with E-state index in [1.807, 2.05) is 49.4 Å². The second kappa shape index (κ2) is 7.29. The normalized spacial score (nSPS) is 9.95. The number of carbonyl (C=O) groups is 1. The van der Waals surface area contributed by atoms with Crippen molar-refractivity contribution in [3.8, 4) is 5.75 Å². The highest BCUT2D eigenvalue weighted by Gasteiger charge is 2.19. The zero-order valence-electron chi connectivity index (χ0n) is 12.2. The van der Waals surface area contributed by atoms with E-state index < -0.39 is 0 Å². The van der Waals surface area contributed by atoms with E-state index in [0.717, 1.165) is 5.69 Å². The second-order valence-electron chi connectivity index (χ2n) is 4.48. The Bertz CT molecular complexity index is 608. The Labute approximate surface area is 125 Å². The number of benzene rings is 2. The lowest BCUT2D eigenvalue weighted by Crippen LogP contribution is -2.30. The quantitative estimate of drug-likeness (QED) is 0.751. The third-order valence-electron chi connectivity index (χ3n) is 3.10. The average Bonchev–Trinajstić information content (AvgIpc) is 2.55. The van der Waals surface area contributed by atoms with Crippen LogP contribution in [0.4, 0.5) is 5.69 Å². The zero-order valence-corrected chi connectivity index (χ0v) is 12.2. The van der Waals surface area contributed by atoms with Gasteiger partial charge in [-0.25, -0.2) is 0 Å². The summed E-state index contributed by atoms with van der Waals surface area (Å²) >= 11 is 0. The topological polar surface area (TPSA) is 29.5 Å². The van der Waals surface area contributed by atoms with Crippen LogP contribution in [-0.4, -0.2) is 19.1 Å². The van der Waals surface area contributed by atoms with Crippen LogP contribution in [-0.2, 0) is 0 Å². The molecule has 0 fully saturated rings. The monoisotopic (exact) mass is 281 g/mol. The number of anilines is 1. The summed E-state index contributed by atoms with van der Waals surface area (Å²) in [5.74, 6) is 0.514. The van der Waals surface area contributed by atoms with E-state index in [0.29, 0.717) is 24.5 Å². The van der Waals surface area contributed by atoms with Gasteiger partial charge >= 0.3 is 0 Å². The summed E-state index contributed by atoms with van der Waals surface area (Å²) < 4.78 is 5.57. The van der Waals surface area contributed by atoms with Gasteiger partial charge < -0.3 is 9.64 Å². The van der Waals surface area contributed by atoms with Crippen LogP contribution in [0.5, 0.6) is 5.75 Å². The van der Waals surface area contributed by atoms with Crippen LogP contribution in [0, 0.1) is 0 Å². The van der Waals surface area contributed by atoms with Crippen LogP contribution < -0.4 is 9.64 Å². The number of para-hydroxylation sites is 2. The second-order valence-corrected chi connectivity index (χ2v) is 4.48. The molecule has 21 heavy (non-hydrogen) atoms. The standard InChI is InChI=1S/C18H19NO2/c1-3-14-21-17-13-9-8-12-16(17)18(20)19(4-2)15-10-6-5-7-11-15/h3,5-13H,1,4,14H2,2H3. The van der Waals surface area contributed by atoms with Crippen LogP contribution in [0.25, 0.3) is 0 Å². The summed E-state index contributed by atoms with van der Waals surface area (Å²) in [6.07, 6.45) is 1.66. The predicted molar refractivity (Wildman–Crippen MR) is 85.9 cm³/mol. The molecule has 0 atom stereocenters. The molecule has 108 valence electrons. The highest BCUT2D eigenvalue weighted by molar-refractivity contribution is 6.07. The van der Waals surface area contributed by atoms with E-state index in [2.05, 4.69) is 6.58 Å². The third-order valence-corrected chi connectivity index (χ3v) is 3.10. The van der Waals surface area contributed by atoms with Crippen LogP contribution in [0.3, 0.4) is 0 Å². The first-order valence-electron chi connectivity index (χ1n) is 6.97. The molecule has 0 aliphatic carbocycles. The summed E-state index contributed by atoms with van der Waals surface area (Å²) in [4.78, 5) is 14.5. The van der Waals surface area contributed by atoms with Crippen molar-refractivity contribution in [2.24, 2.45) is 0 Å². The van der Waals surface area contributed by atoms with Crippen molar-refractivity contribution in [1.29, 1.82) is 0 Å². The van der Waals surface area contributed by atoms with Gasteiger partial charge in [-0.3, -0.25) is 4.79 Å². The summed E-state index contributed by atoms with van der Waals surface area (Å²) in [5.41, 5.74) is 1.44. The van der Waals surface area contributed by atoms with Gasteiger partial charge in [0, 0.05) is 12.2 Å². The molecule has 0 saturated carbocycles. The van der Waals surface area contributed by atoms with Gasteiger partial charge in [-0.1, -0.05) is 43.0 Å². The highest BCUT2D eigenvalue weighted by atomic mass is 16.5. The number of amides is 1. The van der Waals surface area contributed by atoms with Crippen LogP contribution in [0.15, 0.2) is 67.3 Å². The molecular weight excluding hydrogens is 262 g/mol. The number of ether oxygens (including phenoxy) is 1. The zero-order chi connectivity index (χ0) is 15.1. The van der Waals surface area contributed by atoms with Gasteiger partial charge in [-0.15, -0.1) is 0 Å². The predicted octanol–water partition coefficient (Wildman–Crippen LogP) is 3.92. The Balaban J connectivity index is 2.32. The van der Waals surface area contributed by atoms with E-state index in [-0.39, 0.29) is 5.91 Å². The minimum absolute atomic E-state index is 0.0663. The first-order chi connectivity index (χ1) is 10.3. The van der Waals surface area contributed by atoms with E-state index in [4.69, 9.17) is 4.74 Å². The van der Waals surface area contributed by atoms with Crippen LogP contribution in [0.1, 0.15) is 17.3 Å². The minimum Gasteiger partial charge on any atom is -0.489 e. The first kappa shape index (κ1) is 14.9. The minimum atomic E-state index is -0.0663. The van der Waals surface area contributed by atoms with Gasteiger partial charge in [0.1, 0.15) is 12.4 Å². The van der Waals surface area contributed by atoms with Crippen molar-refractivity contribution >= 4 is 11.6 Å². The van der Waals surface area contributed by atoms with Crippen molar-refractivity contribution in [3.05, 3.63) is 72.8 Å². The van der Waals surface area contributed by atoms with Gasteiger partial charge in [-0.05, 0) is 31.2 Å². The fourth-order valence-electron chi connectivity index (χ4n) is 2.11. The molecule has 2 aromatic carbocycles. The molecule has 0 N–H and O–H groups in total. The molecule has 2 aromatic rings. The summed E-state index contributed by atoms with van der Waals surface area (Å²) in [5, 5.41) is 0. The summed E-state index contributed by atoms with van der Waals surface area (Å²) in [6.45, 7) is 6.56. The number of nitrogens with zero attached hydrogens (tertiary/aromatic N) is 1. The Hall–Kier alpha value is -2.55. The molecule has 0 radical (unpaired) electrons. The molecule has 0 aliphatic rings. The smallest absolute Gasteiger partial charge is 0.262 e. The van der Waals surface area contributed by atoms with Crippen molar-refractivity contribution in [3.63, 3.8) is 0 Å². The maximum absolute atomic E-state index is 12.8. The highest BCUT2D eigenvalue weighted by Crippen LogP contribution is 2.23. The van der Waals surface area contributed by atoms with Crippen molar-refractivity contribution in [2.45, 2.75) is 6.92 Å². The van der Waals surface area contributed by atoms with Gasteiger partial charge in [0.2, 0.25) is 0 Å². The van der Waals surface area contributed by atoms with Gasteiger partial charge in [0.25, 0.3) is 5.91 Å². The SMILES string of the molecule is C=CCOc1ccccc1C(=O)N(CC)c1ccccc1. The van der Waals surface area contributed by atoms with Gasteiger partial charge in [-0.2, -0.15) is 0 Å². The molecule has 0 bridgehead atoms. The van der Waals surface area contributed by atoms with E-state index in [9.17, 15) is 4.79 Å². The maximum atomic E-state index is 12.8. The molecule has 0 heterocycles. The molecule has 0 spiro atoms. The number of hydrogen-bond donors (Lipinski definition) is 0. The van der Waals surface area contributed by atoms with Crippen LogP contribution >= 0.6 is 0 Å². The molecule has 2 rings (SSSR count). The summed E-state index contributed by atoms with van der Waals surface area (Å²) in [6, 6.07) is 16.9. The number of rotatable bonds is 6. The Kier molecular flexibility index (Phi) is 5.16. The first-order valence-corrected chi connectivity index (χ1v) is 6.97. The molecular formula is C18H19NO2. The van der Waals surface area contributed by atoms with E-state index >= 15 is 0 Å². The Morgan fingerprint density at radius 1 is 1.14 bits per heavy atom. The third kappa shape index (κ3) is 3.51.